The van der Waals surface area contributed by atoms with E-state index in [4.69, 9.17) is 4.74 Å². The van der Waals surface area contributed by atoms with Crippen LogP contribution in [0.1, 0.15) is 12.8 Å². The van der Waals surface area contributed by atoms with Gasteiger partial charge in [0.15, 0.2) is 5.54 Å². The first-order valence-electron chi connectivity index (χ1n) is 8.83. The summed E-state index contributed by atoms with van der Waals surface area (Å²) in [5, 5.41) is 4.33. The molecule has 0 spiro atoms. The molecule has 1 aromatic heterocycles. The van der Waals surface area contributed by atoms with Gasteiger partial charge in [-0.05, 0) is 18.9 Å². The number of nitrogens with zero attached hydrogens (tertiary/aromatic N) is 5. The van der Waals surface area contributed by atoms with Crippen LogP contribution < -0.4 is 0 Å². The fraction of sp³-hybridized carbons (Fsp3) is 0.706. The van der Waals surface area contributed by atoms with Crippen molar-refractivity contribution in [3.05, 3.63) is 18.5 Å². The van der Waals surface area contributed by atoms with Crippen LogP contribution in [0.5, 0.6) is 0 Å². The van der Waals surface area contributed by atoms with Crippen LogP contribution in [0.15, 0.2) is 18.5 Å². The number of likely N-dealkylation sites (tertiary alicyclic amines) is 1. The molecule has 138 valence electrons. The summed E-state index contributed by atoms with van der Waals surface area (Å²) in [6.07, 6.45) is 4.97. The van der Waals surface area contributed by atoms with Crippen molar-refractivity contribution >= 4 is 11.8 Å². The van der Waals surface area contributed by atoms with Crippen LogP contribution in [-0.2, 0) is 19.9 Å². The molecule has 0 N–H and O–H groups in total. The van der Waals surface area contributed by atoms with Gasteiger partial charge in [-0.15, -0.1) is 0 Å². The summed E-state index contributed by atoms with van der Waals surface area (Å²) in [7, 11) is 3.50. The van der Waals surface area contributed by atoms with Gasteiger partial charge in [0.2, 0.25) is 5.91 Å². The van der Waals surface area contributed by atoms with Crippen LogP contribution in [-0.4, -0.2) is 96.3 Å². The van der Waals surface area contributed by atoms with E-state index in [0.717, 1.165) is 19.5 Å². The van der Waals surface area contributed by atoms with Gasteiger partial charge >= 0.3 is 0 Å². The molecular weight excluding hydrogens is 322 g/mol. The Hall–Kier alpha value is -1.93. The van der Waals surface area contributed by atoms with Crippen molar-refractivity contribution in [2.24, 2.45) is 0 Å². The number of carbonyl (C=O) groups is 2. The second-order valence-electron chi connectivity index (χ2n) is 6.99. The second-order valence-corrected chi connectivity index (χ2v) is 6.99. The lowest BCUT2D eigenvalue weighted by atomic mass is 9.87. The molecule has 8 heteroatoms. The van der Waals surface area contributed by atoms with Gasteiger partial charge in [0, 0.05) is 46.1 Å². The van der Waals surface area contributed by atoms with Gasteiger partial charge in [0.1, 0.15) is 0 Å². The molecule has 0 bridgehead atoms. The van der Waals surface area contributed by atoms with Gasteiger partial charge in [-0.3, -0.25) is 19.2 Å². The lowest BCUT2D eigenvalue weighted by molar-refractivity contribution is -0.147. The minimum atomic E-state index is -0.814. The number of amides is 2. The third-order valence-electron chi connectivity index (χ3n) is 5.03. The fourth-order valence-electron chi connectivity index (χ4n) is 3.70. The zero-order chi connectivity index (χ0) is 17.9. The van der Waals surface area contributed by atoms with Crippen molar-refractivity contribution in [2.45, 2.75) is 18.4 Å². The molecular formula is C17H27N5O3. The molecule has 3 rings (SSSR count). The normalized spacial score (nSPS) is 25.0. The van der Waals surface area contributed by atoms with Crippen molar-refractivity contribution in [3.63, 3.8) is 0 Å². The van der Waals surface area contributed by atoms with Gasteiger partial charge in [-0.1, -0.05) is 0 Å². The zero-order valence-electron chi connectivity index (χ0n) is 15.1. The fourth-order valence-corrected chi connectivity index (χ4v) is 3.70. The first kappa shape index (κ1) is 17.9. The van der Waals surface area contributed by atoms with Crippen LogP contribution in [0.4, 0.5) is 0 Å². The maximum Gasteiger partial charge on any atom is 0.251 e. The number of ether oxygens (including phenoxy) is 1. The number of hydrogen-bond donors (Lipinski definition) is 0. The lowest BCUT2D eigenvalue weighted by Crippen LogP contribution is -2.60. The highest BCUT2D eigenvalue weighted by Gasteiger charge is 2.46. The third-order valence-corrected chi connectivity index (χ3v) is 5.03. The van der Waals surface area contributed by atoms with E-state index in [1.165, 1.54) is 0 Å². The van der Waals surface area contributed by atoms with E-state index in [1.807, 2.05) is 17.2 Å². The van der Waals surface area contributed by atoms with Crippen molar-refractivity contribution in [1.82, 2.24) is 24.5 Å². The quantitative estimate of drug-likeness (QED) is 0.741. The molecule has 1 aromatic rings. The van der Waals surface area contributed by atoms with E-state index in [0.29, 0.717) is 39.3 Å². The van der Waals surface area contributed by atoms with Crippen molar-refractivity contribution in [1.29, 1.82) is 0 Å². The second kappa shape index (κ2) is 7.53. The number of hydrogen-bond acceptors (Lipinski definition) is 5. The van der Waals surface area contributed by atoms with Crippen molar-refractivity contribution < 1.29 is 14.3 Å². The highest BCUT2D eigenvalue weighted by atomic mass is 16.5. The van der Waals surface area contributed by atoms with Crippen molar-refractivity contribution in [2.75, 3.05) is 60.0 Å². The topological polar surface area (TPSA) is 70.9 Å². The molecule has 1 unspecified atom stereocenters. The van der Waals surface area contributed by atoms with Gasteiger partial charge < -0.3 is 14.5 Å². The van der Waals surface area contributed by atoms with Crippen LogP contribution >= 0.6 is 0 Å². The summed E-state index contributed by atoms with van der Waals surface area (Å²) in [4.78, 5) is 31.3. The first-order chi connectivity index (χ1) is 12.0. The summed E-state index contributed by atoms with van der Waals surface area (Å²) in [6.45, 7) is 4.34. The first-order valence-corrected chi connectivity index (χ1v) is 8.83. The Morgan fingerprint density at radius 3 is 2.64 bits per heavy atom. The number of rotatable bonds is 4. The summed E-state index contributed by atoms with van der Waals surface area (Å²) in [5.74, 6) is 0.0600. The summed E-state index contributed by atoms with van der Waals surface area (Å²) in [5.41, 5.74) is -0.814. The maximum absolute atomic E-state index is 13.0. The largest absolute Gasteiger partial charge is 0.379 e. The molecule has 3 heterocycles. The Labute approximate surface area is 148 Å². The standard InChI is InChI=1S/C17H27N5O3/c1-19(2)16(24)17(22-8-4-6-18-22)5-3-7-21(14-17)15(23)13-20-9-11-25-12-10-20/h4,6,8H,3,5,7,9-14H2,1-2H3. The van der Waals surface area contributed by atoms with Crippen LogP contribution in [0.25, 0.3) is 0 Å². The Balaban J connectivity index is 1.76. The van der Waals surface area contributed by atoms with Gasteiger partial charge in [0.25, 0.3) is 5.91 Å². The SMILES string of the molecule is CN(C)C(=O)C1(n2cccn2)CCCN(C(=O)CN2CCOCC2)C1. The molecule has 8 nitrogen and oxygen atoms in total. The van der Waals surface area contributed by atoms with Gasteiger partial charge in [-0.25, -0.2) is 0 Å². The number of likely N-dealkylation sites (N-methyl/N-ethyl adjacent to an activating group) is 1. The minimum absolute atomic E-state index is 0.0138. The summed E-state index contributed by atoms with van der Waals surface area (Å²) < 4.78 is 7.06. The van der Waals surface area contributed by atoms with E-state index in [1.54, 1.807) is 29.9 Å². The molecule has 2 saturated heterocycles. The summed E-state index contributed by atoms with van der Waals surface area (Å²) in [6, 6.07) is 1.82. The Morgan fingerprint density at radius 2 is 2.00 bits per heavy atom. The van der Waals surface area contributed by atoms with E-state index in [9.17, 15) is 9.59 Å². The summed E-state index contributed by atoms with van der Waals surface area (Å²) >= 11 is 0. The Kier molecular flexibility index (Phi) is 5.39. The van der Waals surface area contributed by atoms with Gasteiger partial charge in [-0.2, -0.15) is 5.10 Å². The molecule has 0 aromatic carbocycles. The average molecular weight is 349 g/mol. The molecule has 2 fully saturated rings. The monoisotopic (exact) mass is 349 g/mol. The van der Waals surface area contributed by atoms with Gasteiger partial charge in [0.05, 0.1) is 26.3 Å². The predicted molar refractivity (Wildman–Crippen MR) is 92.0 cm³/mol. The number of aromatic nitrogens is 2. The lowest BCUT2D eigenvalue weighted by Gasteiger charge is -2.43. The van der Waals surface area contributed by atoms with E-state index in [2.05, 4.69) is 10.00 Å². The minimum Gasteiger partial charge on any atom is -0.379 e. The van der Waals surface area contributed by atoms with Crippen LogP contribution in [0, 0.1) is 0 Å². The molecule has 2 aliphatic rings. The molecule has 25 heavy (non-hydrogen) atoms. The molecule has 1 atom stereocenters. The van der Waals surface area contributed by atoms with Crippen LogP contribution in [0.3, 0.4) is 0 Å². The predicted octanol–water partition coefficient (Wildman–Crippen LogP) is -0.379. The molecule has 2 aliphatic heterocycles. The van der Waals surface area contributed by atoms with E-state index >= 15 is 0 Å². The van der Waals surface area contributed by atoms with Crippen molar-refractivity contribution in [3.8, 4) is 0 Å². The Morgan fingerprint density at radius 1 is 1.24 bits per heavy atom. The molecule has 0 aliphatic carbocycles. The molecule has 0 radical (unpaired) electrons. The highest BCUT2D eigenvalue weighted by molar-refractivity contribution is 5.86. The maximum atomic E-state index is 13.0. The van der Waals surface area contributed by atoms with E-state index < -0.39 is 5.54 Å². The Bertz CT molecular complexity index is 597. The van der Waals surface area contributed by atoms with Crippen LogP contribution in [0.2, 0.25) is 0 Å². The average Bonchev–Trinajstić information content (AvgIpc) is 3.17. The highest BCUT2D eigenvalue weighted by Crippen LogP contribution is 2.30. The zero-order valence-corrected chi connectivity index (χ0v) is 15.1. The smallest absolute Gasteiger partial charge is 0.251 e. The molecule has 2 amide bonds. The molecule has 0 saturated carbocycles. The number of morpholine rings is 1. The third kappa shape index (κ3) is 3.69. The number of piperidine rings is 1. The number of carbonyl (C=O) groups excluding carboxylic acids is 2. The van der Waals surface area contributed by atoms with E-state index in [-0.39, 0.29) is 11.8 Å².